The number of nitrogens with zero attached hydrogens (tertiary/aromatic N) is 2. The summed E-state index contributed by atoms with van der Waals surface area (Å²) >= 11 is 5.87. The van der Waals surface area contributed by atoms with E-state index in [0.29, 0.717) is 26.1 Å². The molecule has 2 aliphatic heterocycles. The van der Waals surface area contributed by atoms with E-state index >= 15 is 0 Å². The molecule has 2 aliphatic rings. The Hall–Kier alpha value is -1.22. The Morgan fingerprint density at radius 1 is 1.25 bits per heavy atom. The highest BCUT2D eigenvalue weighted by molar-refractivity contribution is 7.89. The van der Waals surface area contributed by atoms with Gasteiger partial charge in [0.05, 0.1) is 5.02 Å². The van der Waals surface area contributed by atoms with Crippen LogP contribution in [-0.2, 0) is 19.6 Å². The smallest absolute Gasteiger partial charge is 0.251 e. The molecule has 9 heteroatoms. The second-order valence-electron chi connectivity index (χ2n) is 5.81. The molecule has 132 valence electrons. The third-order valence-electron chi connectivity index (χ3n) is 4.27. The lowest BCUT2D eigenvalue weighted by atomic mass is 10.2. The van der Waals surface area contributed by atoms with Crippen molar-refractivity contribution in [1.82, 2.24) is 9.21 Å². The normalized spacial score (nSPS) is 22.8. The fourth-order valence-corrected chi connectivity index (χ4v) is 4.88. The number of ether oxygens (including phenoxy) is 1. The number of carbonyl (C=O) groups excluding carboxylic acids is 1. The summed E-state index contributed by atoms with van der Waals surface area (Å²) in [5, 5.41) is -0.145. The number of sulfonamides is 1. The van der Waals surface area contributed by atoms with Crippen molar-refractivity contribution < 1.29 is 22.3 Å². The third kappa shape index (κ3) is 3.42. The summed E-state index contributed by atoms with van der Waals surface area (Å²) in [6, 6.07) is 3.21. The van der Waals surface area contributed by atoms with Crippen molar-refractivity contribution in [2.45, 2.75) is 23.8 Å². The van der Waals surface area contributed by atoms with Crippen LogP contribution < -0.4 is 0 Å². The standard InChI is InChI=1S/C15H18ClFN2O4S/c16-12-10-11(17)3-4-14(12)24(21,22)19-7-5-18(6-8-19)15(20)13-2-1-9-23-13/h3-4,10,13H,1-2,5-9H2. The van der Waals surface area contributed by atoms with Gasteiger partial charge in [-0.2, -0.15) is 4.31 Å². The minimum absolute atomic E-state index is 0.0793. The van der Waals surface area contributed by atoms with Gasteiger partial charge in [0.25, 0.3) is 5.91 Å². The quantitative estimate of drug-likeness (QED) is 0.801. The Bertz CT molecular complexity index is 729. The van der Waals surface area contributed by atoms with Crippen molar-refractivity contribution >= 4 is 27.5 Å². The van der Waals surface area contributed by atoms with Crippen LogP contribution in [0.4, 0.5) is 4.39 Å². The molecule has 0 radical (unpaired) electrons. The van der Waals surface area contributed by atoms with E-state index in [1.165, 1.54) is 4.31 Å². The van der Waals surface area contributed by atoms with Crippen LogP contribution in [0, 0.1) is 5.82 Å². The minimum atomic E-state index is -3.81. The van der Waals surface area contributed by atoms with Crippen molar-refractivity contribution in [3.05, 3.63) is 29.0 Å². The van der Waals surface area contributed by atoms with E-state index in [1.54, 1.807) is 4.90 Å². The molecule has 1 amide bonds. The fraction of sp³-hybridized carbons (Fsp3) is 0.533. The lowest BCUT2D eigenvalue weighted by Crippen LogP contribution is -2.52. The van der Waals surface area contributed by atoms with E-state index < -0.39 is 21.9 Å². The summed E-state index contributed by atoms with van der Waals surface area (Å²) < 4.78 is 45.1. The monoisotopic (exact) mass is 376 g/mol. The molecule has 2 saturated heterocycles. The molecule has 1 aromatic rings. The molecular weight excluding hydrogens is 359 g/mol. The van der Waals surface area contributed by atoms with Gasteiger partial charge in [-0.3, -0.25) is 4.79 Å². The van der Waals surface area contributed by atoms with Crippen molar-refractivity contribution in [2.24, 2.45) is 0 Å². The molecule has 0 N–H and O–H groups in total. The molecule has 6 nitrogen and oxygen atoms in total. The van der Waals surface area contributed by atoms with Gasteiger partial charge in [0.15, 0.2) is 0 Å². The highest BCUT2D eigenvalue weighted by Crippen LogP contribution is 2.26. The molecule has 1 aromatic carbocycles. The Kier molecular flexibility index (Phi) is 5.10. The van der Waals surface area contributed by atoms with E-state index in [-0.39, 0.29) is 28.9 Å². The number of halogens is 2. The highest BCUT2D eigenvalue weighted by Gasteiger charge is 2.34. The molecular formula is C15H18ClFN2O4S. The largest absolute Gasteiger partial charge is 0.368 e. The maximum Gasteiger partial charge on any atom is 0.251 e. The van der Waals surface area contributed by atoms with Crippen LogP contribution in [0.25, 0.3) is 0 Å². The van der Waals surface area contributed by atoms with Gasteiger partial charge in [0.2, 0.25) is 10.0 Å². The molecule has 0 bridgehead atoms. The number of amides is 1. The summed E-state index contributed by atoms with van der Waals surface area (Å²) in [6.07, 6.45) is 1.18. The number of hydrogen-bond acceptors (Lipinski definition) is 4. The van der Waals surface area contributed by atoms with Gasteiger partial charge in [0, 0.05) is 32.8 Å². The summed E-state index contributed by atoms with van der Waals surface area (Å²) in [5.74, 6) is -0.671. The first-order chi connectivity index (χ1) is 11.4. The summed E-state index contributed by atoms with van der Waals surface area (Å²) in [4.78, 5) is 13.8. The van der Waals surface area contributed by atoms with Crippen molar-refractivity contribution in [2.75, 3.05) is 32.8 Å². The zero-order valence-electron chi connectivity index (χ0n) is 13.0. The third-order valence-corrected chi connectivity index (χ3v) is 6.65. The van der Waals surface area contributed by atoms with Gasteiger partial charge >= 0.3 is 0 Å². The number of piperazine rings is 1. The first-order valence-electron chi connectivity index (χ1n) is 7.75. The first-order valence-corrected chi connectivity index (χ1v) is 9.57. The SMILES string of the molecule is O=C(C1CCCO1)N1CCN(S(=O)(=O)c2ccc(F)cc2Cl)CC1. The van der Waals surface area contributed by atoms with Crippen LogP contribution in [-0.4, -0.2) is 62.4 Å². The minimum Gasteiger partial charge on any atom is -0.368 e. The fourth-order valence-electron chi connectivity index (χ4n) is 2.95. The maximum absolute atomic E-state index is 13.1. The Balaban J connectivity index is 1.68. The molecule has 2 fully saturated rings. The summed E-state index contributed by atoms with van der Waals surface area (Å²) in [5.41, 5.74) is 0. The molecule has 0 saturated carbocycles. The molecule has 1 atom stereocenters. The first kappa shape index (κ1) is 17.6. The second kappa shape index (κ2) is 6.95. The van der Waals surface area contributed by atoms with E-state index in [9.17, 15) is 17.6 Å². The van der Waals surface area contributed by atoms with Crippen LogP contribution in [0.2, 0.25) is 5.02 Å². The lowest BCUT2D eigenvalue weighted by molar-refractivity contribution is -0.142. The number of benzene rings is 1. The van der Waals surface area contributed by atoms with Gasteiger partial charge in [-0.25, -0.2) is 12.8 Å². The molecule has 3 rings (SSSR count). The number of rotatable bonds is 3. The van der Waals surface area contributed by atoms with Gasteiger partial charge in [-0.1, -0.05) is 11.6 Å². The van der Waals surface area contributed by atoms with E-state index in [4.69, 9.17) is 16.3 Å². The Labute approximate surface area is 145 Å². The van der Waals surface area contributed by atoms with Crippen molar-refractivity contribution in [1.29, 1.82) is 0 Å². The molecule has 1 unspecified atom stereocenters. The molecule has 0 spiro atoms. The zero-order valence-corrected chi connectivity index (χ0v) is 14.5. The molecule has 24 heavy (non-hydrogen) atoms. The van der Waals surface area contributed by atoms with Crippen LogP contribution in [0.3, 0.4) is 0 Å². The molecule has 2 heterocycles. The predicted octanol–water partition coefficient (Wildman–Crippen LogP) is 1.49. The van der Waals surface area contributed by atoms with Crippen LogP contribution in [0.1, 0.15) is 12.8 Å². The van der Waals surface area contributed by atoms with E-state index in [2.05, 4.69) is 0 Å². The average Bonchev–Trinajstić information content (AvgIpc) is 3.08. The Morgan fingerprint density at radius 2 is 1.96 bits per heavy atom. The Morgan fingerprint density at radius 3 is 2.54 bits per heavy atom. The van der Waals surface area contributed by atoms with E-state index in [1.807, 2.05) is 0 Å². The average molecular weight is 377 g/mol. The lowest BCUT2D eigenvalue weighted by Gasteiger charge is -2.35. The van der Waals surface area contributed by atoms with Crippen LogP contribution >= 0.6 is 11.6 Å². The predicted molar refractivity (Wildman–Crippen MR) is 85.7 cm³/mol. The number of hydrogen-bond donors (Lipinski definition) is 0. The summed E-state index contributed by atoms with van der Waals surface area (Å²) in [6.45, 7) is 1.55. The highest BCUT2D eigenvalue weighted by atomic mass is 35.5. The van der Waals surface area contributed by atoms with Crippen LogP contribution in [0.5, 0.6) is 0 Å². The second-order valence-corrected chi connectivity index (χ2v) is 8.12. The number of carbonyl (C=O) groups is 1. The molecule has 0 aliphatic carbocycles. The van der Waals surface area contributed by atoms with E-state index in [0.717, 1.165) is 24.6 Å². The van der Waals surface area contributed by atoms with Crippen molar-refractivity contribution in [3.8, 4) is 0 Å². The van der Waals surface area contributed by atoms with Crippen molar-refractivity contribution in [3.63, 3.8) is 0 Å². The van der Waals surface area contributed by atoms with Gasteiger partial charge in [0.1, 0.15) is 16.8 Å². The summed E-state index contributed by atoms with van der Waals surface area (Å²) in [7, 11) is -3.81. The molecule has 0 aromatic heterocycles. The van der Waals surface area contributed by atoms with Crippen LogP contribution in [0.15, 0.2) is 23.1 Å². The van der Waals surface area contributed by atoms with Gasteiger partial charge < -0.3 is 9.64 Å². The van der Waals surface area contributed by atoms with Gasteiger partial charge in [-0.05, 0) is 31.0 Å². The maximum atomic E-state index is 13.1. The zero-order chi connectivity index (χ0) is 17.3. The van der Waals surface area contributed by atoms with Gasteiger partial charge in [-0.15, -0.1) is 0 Å². The topological polar surface area (TPSA) is 66.9 Å².